The van der Waals surface area contributed by atoms with Crippen LogP contribution in [0.1, 0.15) is 10.5 Å². The number of nitrogen functional groups attached to an aromatic ring is 2. The largest absolute Gasteiger partial charge is 0.476 e. The van der Waals surface area contributed by atoms with E-state index >= 15 is 0 Å². The molecule has 0 spiro atoms. The van der Waals surface area contributed by atoms with Gasteiger partial charge in [-0.1, -0.05) is 29.3 Å². The second-order valence-electron chi connectivity index (χ2n) is 3.62. The fourth-order valence-corrected chi connectivity index (χ4v) is 2.11. The van der Waals surface area contributed by atoms with Gasteiger partial charge in [0.1, 0.15) is 5.82 Å². The average molecular weight is 299 g/mol. The molecule has 1 heterocycles. The minimum Gasteiger partial charge on any atom is -0.476 e. The highest BCUT2D eigenvalue weighted by Gasteiger charge is 2.20. The molecule has 0 saturated heterocycles. The summed E-state index contributed by atoms with van der Waals surface area (Å²) in [6.07, 6.45) is 0. The van der Waals surface area contributed by atoms with Crippen LogP contribution in [0, 0.1) is 0 Å². The molecule has 0 fully saturated rings. The van der Waals surface area contributed by atoms with E-state index in [0.29, 0.717) is 10.6 Å². The summed E-state index contributed by atoms with van der Waals surface area (Å²) in [6.45, 7) is 0. The van der Waals surface area contributed by atoms with Crippen molar-refractivity contribution in [2.75, 3.05) is 11.5 Å². The molecule has 8 heteroatoms. The quantitative estimate of drug-likeness (QED) is 0.783. The van der Waals surface area contributed by atoms with E-state index < -0.39 is 5.97 Å². The minimum atomic E-state index is -1.28. The van der Waals surface area contributed by atoms with Crippen LogP contribution in [-0.2, 0) is 0 Å². The normalized spacial score (nSPS) is 10.4. The number of rotatable bonds is 2. The Balaban J connectivity index is 2.77. The molecule has 2 aromatic rings. The Morgan fingerprint density at radius 3 is 2.47 bits per heavy atom. The van der Waals surface area contributed by atoms with Gasteiger partial charge < -0.3 is 16.6 Å². The van der Waals surface area contributed by atoms with Gasteiger partial charge in [0.25, 0.3) is 0 Å². The molecule has 6 nitrogen and oxygen atoms in total. The smallest absolute Gasteiger partial charge is 0.355 e. The Morgan fingerprint density at radius 1 is 1.21 bits per heavy atom. The zero-order valence-electron chi connectivity index (χ0n) is 9.39. The van der Waals surface area contributed by atoms with E-state index in [0.717, 1.165) is 0 Å². The molecular weight excluding hydrogens is 291 g/mol. The van der Waals surface area contributed by atoms with E-state index in [1.165, 1.54) is 6.07 Å². The van der Waals surface area contributed by atoms with E-state index in [1.807, 2.05) is 0 Å². The molecule has 98 valence electrons. The summed E-state index contributed by atoms with van der Waals surface area (Å²) in [7, 11) is 0. The van der Waals surface area contributed by atoms with Crippen molar-refractivity contribution in [3.8, 4) is 11.1 Å². The number of halogens is 2. The van der Waals surface area contributed by atoms with Gasteiger partial charge in [-0.2, -0.15) is 4.98 Å². The average Bonchev–Trinajstić information content (AvgIpc) is 2.29. The maximum absolute atomic E-state index is 11.2. The Labute approximate surface area is 118 Å². The highest BCUT2D eigenvalue weighted by Crippen LogP contribution is 2.35. The molecule has 0 radical (unpaired) electrons. The predicted octanol–water partition coefficient (Wildman–Crippen LogP) is 2.31. The number of carboxylic acids is 1. The summed E-state index contributed by atoms with van der Waals surface area (Å²) in [5, 5.41) is 9.81. The van der Waals surface area contributed by atoms with Crippen molar-refractivity contribution in [1.82, 2.24) is 9.97 Å². The fraction of sp³-hybridized carbons (Fsp3) is 0. The molecule has 0 aliphatic carbocycles. The zero-order valence-corrected chi connectivity index (χ0v) is 10.9. The van der Waals surface area contributed by atoms with Crippen LogP contribution in [0.4, 0.5) is 11.8 Å². The topological polar surface area (TPSA) is 115 Å². The third-order valence-electron chi connectivity index (χ3n) is 2.36. The first kappa shape index (κ1) is 13.4. The van der Waals surface area contributed by atoms with Crippen molar-refractivity contribution in [3.63, 3.8) is 0 Å². The lowest BCUT2D eigenvalue weighted by Crippen LogP contribution is -2.11. The first-order chi connectivity index (χ1) is 8.90. The van der Waals surface area contributed by atoms with Gasteiger partial charge in [0.15, 0.2) is 5.69 Å². The summed E-state index contributed by atoms with van der Waals surface area (Å²) < 4.78 is 0. The summed E-state index contributed by atoms with van der Waals surface area (Å²) in [5.74, 6) is -1.56. The van der Waals surface area contributed by atoms with Gasteiger partial charge in [-0.25, -0.2) is 9.78 Å². The number of aromatic nitrogens is 2. The van der Waals surface area contributed by atoms with Crippen LogP contribution in [0.25, 0.3) is 11.1 Å². The first-order valence-corrected chi connectivity index (χ1v) is 5.77. The van der Waals surface area contributed by atoms with Crippen molar-refractivity contribution in [2.24, 2.45) is 0 Å². The van der Waals surface area contributed by atoms with E-state index in [4.69, 9.17) is 39.8 Å². The standard InChI is InChI=1S/C11H8Cl2N4O2/c12-4-1-2-5(6(13)3-4)7-8(10(18)19)16-11(15)17-9(7)14/h1-3H,(H,18,19)(H4,14,15,16,17). The van der Waals surface area contributed by atoms with Gasteiger partial charge in [-0.3, -0.25) is 0 Å². The van der Waals surface area contributed by atoms with Crippen molar-refractivity contribution in [1.29, 1.82) is 0 Å². The molecule has 0 aliphatic rings. The summed E-state index contributed by atoms with van der Waals surface area (Å²) in [5.41, 5.74) is 11.3. The molecule has 1 aromatic carbocycles. The van der Waals surface area contributed by atoms with E-state index in [2.05, 4.69) is 9.97 Å². The lowest BCUT2D eigenvalue weighted by atomic mass is 10.0. The van der Waals surface area contributed by atoms with Gasteiger partial charge in [0, 0.05) is 10.6 Å². The highest BCUT2D eigenvalue weighted by molar-refractivity contribution is 6.36. The van der Waals surface area contributed by atoms with Gasteiger partial charge in [-0.05, 0) is 12.1 Å². The van der Waals surface area contributed by atoms with Crippen LogP contribution in [0.3, 0.4) is 0 Å². The molecule has 5 N–H and O–H groups in total. The lowest BCUT2D eigenvalue weighted by Gasteiger charge is -2.10. The maximum atomic E-state index is 11.2. The van der Waals surface area contributed by atoms with Gasteiger partial charge >= 0.3 is 5.97 Å². The van der Waals surface area contributed by atoms with Crippen LogP contribution in [0.2, 0.25) is 10.0 Å². The number of carbonyl (C=O) groups is 1. The summed E-state index contributed by atoms with van der Waals surface area (Å²) in [4.78, 5) is 18.6. The number of aromatic carboxylic acids is 1. The van der Waals surface area contributed by atoms with E-state index in [-0.39, 0.29) is 28.0 Å². The molecule has 0 aliphatic heterocycles. The monoisotopic (exact) mass is 298 g/mol. The van der Waals surface area contributed by atoms with Crippen LogP contribution >= 0.6 is 23.2 Å². The van der Waals surface area contributed by atoms with Crippen molar-refractivity contribution in [3.05, 3.63) is 33.9 Å². The van der Waals surface area contributed by atoms with Crippen molar-refractivity contribution < 1.29 is 9.90 Å². The molecule has 19 heavy (non-hydrogen) atoms. The highest BCUT2D eigenvalue weighted by atomic mass is 35.5. The van der Waals surface area contributed by atoms with Gasteiger partial charge in [0.05, 0.1) is 10.6 Å². The molecule has 1 aromatic heterocycles. The molecule has 0 amide bonds. The van der Waals surface area contributed by atoms with E-state index in [1.54, 1.807) is 12.1 Å². The Hall–Kier alpha value is -2.05. The minimum absolute atomic E-state index is 0.0610. The molecule has 0 bridgehead atoms. The van der Waals surface area contributed by atoms with Crippen LogP contribution < -0.4 is 11.5 Å². The van der Waals surface area contributed by atoms with Crippen LogP contribution in [0.15, 0.2) is 18.2 Å². The molecule has 0 unspecified atom stereocenters. The van der Waals surface area contributed by atoms with Crippen LogP contribution in [0.5, 0.6) is 0 Å². The Kier molecular flexibility index (Phi) is 3.46. The SMILES string of the molecule is Nc1nc(N)c(-c2ccc(Cl)cc2Cl)c(C(=O)O)n1. The Morgan fingerprint density at radius 2 is 1.89 bits per heavy atom. The number of carboxylic acid groups (broad SMARTS) is 1. The maximum Gasteiger partial charge on any atom is 0.355 e. The fourth-order valence-electron chi connectivity index (χ4n) is 1.61. The molecule has 0 atom stereocenters. The van der Waals surface area contributed by atoms with Crippen molar-refractivity contribution in [2.45, 2.75) is 0 Å². The number of anilines is 2. The molecular formula is C11H8Cl2N4O2. The third-order valence-corrected chi connectivity index (χ3v) is 2.91. The predicted molar refractivity (Wildman–Crippen MR) is 73.3 cm³/mol. The third kappa shape index (κ3) is 2.54. The number of nitrogens with two attached hydrogens (primary N) is 2. The second kappa shape index (κ2) is 4.91. The Bertz CT molecular complexity index is 676. The van der Waals surface area contributed by atoms with Crippen LogP contribution in [-0.4, -0.2) is 21.0 Å². The van der Waals surface area contributed by atoms with Crippen molar-refractivity contribution >= 4 is 40.9 Å². The second-order valence-corrected chi connectivity index (χ2v) is 4.46. The number of nitrogens with zero attached hydrogens (tertiary/aromatic N) is 2. The number of hydrogen-bond acceptors (Lipinski definition) is 5. The van der Waals surface area contributed by atoms with E-state index in [9.17, 15) is 4.79 Å². The van der Waals surface area contributed by atoms with Gasteiger partial charge in [-0.15, -0.1) is 0 Å². The molecule has 2 rings (SSSR count). The summed E-state index contributed by atoms with van der Waals surface area (Å²) in [6, 6.07) is 4.58. The zero-order chi connectivity index (χ0) is 14.2. The summed E-state index contributed by atoms with van der Waals surface area (Å²) >= 11 is 11.8. The van der Waals surface area contributed by atoms with Gasteiger partial charge in [0.2, 0.25) is 5.95 Å². The first-order valence-electron chi connectivity index (χ1n) is 5.02. The number of benzene rings is 1. The molecule has 0 saturated carbocycles. The lowest BCUT2D eigenvalue weighted by molar-refractivity contribution is 0.0691. The number of hydrogen-bond donors (Lipinski definition) is 3.